The van der Waals surface area contributed by atoms with Gasteiger partial charge in [0.2, 0.25) is 15.3 Å². The first-order valence-corrected chi connectivity index (χ1v) is 6.57. The predicted octanol–water partition coefficient (Wildman–Crippen LogP) is 1.03. The Balaban J connectivity index is 3.21. The van der Waals surface area contributed by atoms with Crippen molar-refractivity contribution in [3.63, 3.8) is 0 Å². The summed E-state index contributed by atoms with van der Waals surface area (Å²) in [5.41, 5.74) is -0.570. The van der Waals surface area contributed by atoms with Gasteiger partial charge in [0.1, 0.15) is 0 Å². The smallest absolute Gasteiger partial charge is 0.279 e. The van der Waals surface area contributed by atoms with Gasteiger partial charge in [0.15, 0.2) is 4.90 Å². The molecule has 0 fully saturated rings. The summed E-state index contributed by atoms with van der Waals surface area (Å²) in [5.74, 6) is 0. The molecule has 0 spiro atoms. The lowest BCUT2D eigenvalue weighted by atomic mass is 10.3. The second kappa shape index (κ2) is 5.42. The van der Waals surface area contributed by atoms with Gasteiger partial charge in [0.05, 0.1) is 11.0 Å². The van der Waals surface area contributed by atoms with Crippen molar-refractivity contribution in [3.05, 3.63) is 34.4 Å². The lowest BCUT2D eigenvalue weighted by Gasteiger charge is -2.10. The number of nitrogens with zero attached hydrogens (tertiary/aromatic N) is 1. The van der Waals surface area contributed by atoms with Gasteiger partial charge in [-0.15, -0.1) is 0 Å². The Hall–Kier alpha value is -1.51. The van der Waals surface area contributed by atoms with Gasteiger partial charge in [-0.25, -0.2) is 8.42 Å². The number of nitro groups is 1. The Morgan fingerprint density at radius 3 is 2.50 bits per heavy atom. The Bertz CT molecular complexity index is 586. The van der Waals surface area contributed by atoms with E-state index in [1.54, 1.807) is 0 Å². The van der Waals surface area contributed by atoms with E-state index in [0.717, 1.165) is 12.1 Å². The number of nitro benzene ring substituents is 1. The molecule has 0 saturated heterocycles. The molecule has 0 bridgehead atoms. The van der Waals surface area contributed by atoms with Crippen LogP contribution in [0.4, 0.5) is 5.69 Å². The molecule has 0 amide bonds. The standard InChI is InChI=1S/C9H9ClN2O5S/c1-6(9(10)13)11-18(16,17)8-5-3-2-4-7(8)12(14)15/h2-6,11H,1H3/t6-/m1/s1. The van der Waals surface area contributed by atoms with Crippen molar-refractivity contribution >= 4 is 32.6 Å². The van der Waals surface area contributed by atoms with Gasteiger partial charge in [-0.1, -0.05) is 12.1 Å². The second-order valence-corrected chi connectivity index (χ2v) is 5.43. The highest BCUT2D eigenvalue weighted by Gasteiger charge is 2.27. The zero-order chi connectivity index (χ0) is 13.9. The largest absolute Gasteiger partial charge is 0.289 e. The number of benzene rings is 1. The van der Waals surface area contributed by atoms with Gasteiger partial charge in [0.25, 0.3) is 5.69 Å². The molecular formula is C9H9ClN2O5S. The van der Waals surface area contributed by atoms with Gasteiger partial charge in [-0.3, -0.25) is 14.9 Å². The number of sulfonamides is 1. The maximum atomic E-state index is 11.8. The molecule has 18 heavy (non-hydrogen) atoms. The summed E-state index contributed by atoms with van der Waals surface area (Å²) >= 11 is 5.12. The van der Waals surface area contributed by atoms with E-state index in [1.807, 2.05) is 4.72 Å². The molecule has 1 aromatic rings. The predicted molar refractivity (Wildman–Crippen MR) is 63.7 cm³/mol. The number of para-hydroxylation sites is 1. The highest BCUT2D eigenvalue weighted by atomic mass is 35.5. The van der Waals surface area contributed by atoms with Crippen molar-refractivity contribution in [2.45, 2.75) is 17.9 Å². The zero-order valence-corrected chi connectivity index (χ0v) is 10.7. The Morgan fingerprint density at radius 1 is 1.44 bits per heavy atom. The average Bonchev–Trinajstić information content (AvgIpc) is 2.28. The van der Waals surface area contributed by atoms with Crippen LogP contribution < -0.4 is 4.72 Å². The molecule has 1 aromatic carbocycles. The average molecular weight is 293 g/mol. The fourth-order valence-electron chi connectivity index (χ4n) is 1.18. The minimum absolute atomic E-state index is 0.514. The molecule has 0 aliphatic rings. The Labute approximate surface area is 108 Å². The summed E-state index contributed by atoms with van der Waals surface area (Å²) in [4.78, 5) is 20.2. The molecule has 0 aliphatic carbocycles. The first-order valence-electron chi connectivity index (χ1n) is 4.71. The van der Waals surface area contributed by atoms with E-state index in [0.29, 0.717) is 0 Å². The van der Waals surface area contributed by atoms with E-state index in [1.165, 1.54) is 19.1 Å². The summed E-state index contributed by atoms with van der Waals surface area (Å²) in [5, 5.41) is 9.80. The SMILES string of the molecule is C[C@@H](NS(=O)(=O)c1ccccc1[N+](=O)[O-])C(=O)Cl. The lowest BCUT2D eigenvalue weighted by molar-refractivity contribution is -0.387. The van der Waals surface area contributed by atoms with E-state index in [9.17, 15) is 23.3 Å². The summed E-state index contributed by atoms with van der Waals surface area (Å²) < 4.78 is 25.6. The van der Waals surface area contributed by atoms with Crippen molar-refractivity contribution < 1.29 is 18.1 Å². The molecule has 0 saturated carbocycles. The van der Waals surface area contributed by atoms with Crippen molar-refractivity contribution in [2.75, 3.05) is 0 Å². The molecule has 0 aromatic heterocycles. The third-order valence-corrected chi connectivity index (χ3v) is 3.94. The molecule has 0 radical (unpaired) electrons. The Kier molecular flexibility index (Phi) is 4.38. The van der Waals surface area contributed by atoms with E-state index in [-0.39, 0.29) is 0 Å². The van der Waals surface area contributed by atoms with Gasteiger partial charge in [-0.05, 0) is 24.6 Å². The fraction of sp³-hybridized carbons (Fsp3) is 0.222. The first-order chi connectivity index (χ1) is 8.25. The molecule has 9 heteroatoms. The van der Waals surface area contributed by atoms with Gasteiger partial charge < -0.3 is 0 Å². The summed E-state index contributed by atoms with van der Waals surface area (Å²) in [6, 6.07) is 3.65. The highest BCUT2D eigenvalue weighted by molar-refractivity contribution is 7.89. The van der Waals surface area contributed by atoms with Gasteiger partial charge in [0, 0.05) is 6.07 Å². The number of halogens is 1. The number of rotatable bonds is 5. The van der Waals surface area contributed by atoms with E-state index >= 15 is 0 Å². The van der Waals surface area contributed by atoms with Crippen LogP contribution >= 0.6 is 11.6 Å². The van der Waals surface area contributed by atoms with E-state index in [4.69, 9.17) is 11.6 Å². The fourth-order valence-corrected chi connectivity index (χ4v) is 2.67. The molecule has 1 atom stereocenters. The number of nitrogens with one attached hydrogen (secondary N) is 1. The van der Waals surface area contributed by atoms with Crippen LogP contribution in [0.2, 0.25) is 0 Å². The summed E-state index contributed by atoms with van der Waals surface area (Å²) in [6.45, 7) is 1.24. The monoisotopic (exact) mass is 292 g/mol. The second-order valence-electron chi connectivity index (χ2n) is 3.37. The summed E-state index contributed by atoms with van der Waals surface area (Å²) in [6.07, 6.45) is 0. The van der Waals surface area contributed by atoms with E-state index < -0.39 is 36.8 Å². The van der Waals surface area contributed by atoms with Gasteiger partial charge in [-0.2, -0.15) is 4.72 Å². The van der Waals surface area contributed by atoms with Gasteiger partial charge >= 0.3 is 0 Å². The van der Waals surface area contributed by atoms with Crippen LogP contribution in [0.15, 0.2) is 29.2 Å². The minimum Gasteiger partial charge on any atom is -0.279 e. The van der Waals surface area contributed by atoms with Crippen LogP contribution in [0.3, 0.4) is 0 Å². The molecule has 0 unspecified atom stereocenters. The maximum absolute atomic E-state index is 11.8. The third-order valence-electron chi connectivity index (χ3n) is 2.02. The van der Waals surface area contributed by atoms with Crippen molar-refractivity contribution in [3.8, 4) is 0 Å². The molecule has 1 rings (SSSR count). The van der Waals surface area contributed by atoms with Crippen LogP contribution in [-0.2, 0) is 14.8 Å². The number of carbonyl (C=O) groups excluding carboxylic acids is 1. The minimum atomic E-state index is -4.18. The molecule has 0 heterocycles. The van der Waals surface area contributed by atoms with Crippen LogP contribution in [0.5, 0.6) is 0 Å². The maximum Gasteiger partial charge on any atom is 0.289 e. The molecule has 98 valence electrons. The molecule has 7 nitrogen and oxygen atoms in total. The van der Waals surface area contributed by atoms with Crippen LogP contribution in [-0.4, -0.2) is 24.6 Å². The van der Waals surface area contributed by atoms with Crippen molar-refractivity contribution in [2.24, 2.45) is 0 Å². The van der Waals surface area contributed by atoms with Crippen molar-refractivity contribution in [1.82, 2.24) is 4.72 Å². The normalized spacial score (nSPS) is 13.0. The van der Waals surface area contributed by atoms with Crippen molar-refractivity contribution in [1.29, 1.82) is 0 Å². The van der Waals surface area contributed by atoms with Crippen LogP contribution in [0.1, 0.15) is 6.92 Å². The van der Waals surface area contributed by atoms with E-state index in [2.05, 4.69) is 0 Å². The molecular weight excluding hydrogens is 284 g/mol. The highest BCUT2D eigenvalue weighted by Crippen LogP contribution is 2.22. The van der Waals surface area contributed by atoms with Crippen LogP contribution in [0.25, 0.3) is 0 Å². The Morgan fingerprint density at radius 2 is 2.00 bits per heavy atom. The third kappa shape index (κ3) is 3.25. The first kappa shape index (κ1) is 14.6. The van der Waals surface area contributed by atoms with Crippen LogP contribution in [0, 0.1) is 10.1 Å². The molecule has 1 N–H and O–H groups in total. The molecule has 0 aliphatic heterocycles. The number of carbonyl (C=O) groups is 1. The summed E-state index contributed by atoms with van der Waals surface area (Å²) in [7, 11) is -4.18. The topological polar surface area (TPSA) is 106 Å². The zero-order valence-electron chi connectivity index (χ0n) is 9.16. The number of hydrogen-bond donors (Lipinski definition) is 1. The quantitative estimate of drug-likeness (QED) is 0.495. The lowest BCUT2D eigenvalue weighted by Crippen LogP contribution is -2.36. The number of hydrogen-bond acceptors (Lipinski definition) is 5.